The molecule has 1 N–H and O–H groups in total. The van der Waals surface area contributed by atoms with Crippen molar-refractivity contribution in [2.75, 3.05) is 20.2 Å². The molecule has 3 nitrogen and oxygen atoms in total. The number of benzene rings is 1. The normalized spacial score (nSPS) is 14.9. The summed E-state index contributed by atoms with van der Waals surface area (Å²) < 4.78 is 7.81. The topological polar surface area (TPSA) is 26.2 Å². The number of hydrogen-bond acceptors (Lipinski definition) is 2. The first-order valence-electron chi connectivity index (χ1n) is 5.76. The Morgan fingerprint density at radius 2 is 2.18 bits per heavy atom. The zero-order valence-electron chi connectivity index (χ0n) is 9.90. The number of nitrogens with one attached hydrogen (secondary N) is 1. The molecule has 4 heteroatoms. The lowest BCUT2D eigenvalue weighted by molar-refractivity contribution is 0.420. The van der Waals surface area contributed by atoms with Gasteiger partial charge >= 0.3 is 0 Å². The second kappa shape index (κ2) is 4.98. The van der Waals surface area contributed by atoms with Crippen molar-refractivity contribution in [2.24, 2.45) is 0 Å². The third-order valence-corrected chi connectivity index (χ3v) is 3.28. The van der Waals surface area contributed by atoms with E-state index < -0.39 is 0 Å². The van der Waals surface area contributed by atoms with Gasteiger partial charge in [0, 0.05) is 37.1 Å². The van der Waals surface area contributed by atoms with Crippen LogP contribution >= 0.6 is 12.4 Å². The van der Waals surface area contributed by atoms with Gasteiger partial charge in [-0.25, -0.2) is 0 Å². The maximum absolute atomic E-state index is 5.41. The van der Waals surface area contributed by atoms with Crippen LogP contribution in [0.1, 0.15) is 5.69 Å². The molecule has 1 aromatic heterocycles. The SMILES string of the molecule is COc1cccc2c1cc1n2CCNCC1.Cl. The van der Waals surface area contributed by atoms with Gasteiger partial charge in [-0.05, 0) is 18.2 Å². The van der Waals surface area contributed by atoms with Crippen molar-refractivity contribution in [1.82, 2.24) is 9.88 Å². The largest absolute Gasteiger partial charge is 0.496 e. The quantitative estimate of drug-likeness (QED) is 0.842. The van der Waals surface area contributed by atoms with Crippen LogP contribution in [-0.4, -0.2) is 24.8 Å². The highest BCUT2D eigenvalue weighted by Crippen LogP contribution is 2.29. The summed E-state index contributed by atoms with van der Waals surface area (Å²) in [5.74, 6) is 0.978. The molecule has 0 spiro atoms. The predicted molar refractivity (Wildman–Crippen MR) is 72.3 cm³/mol. The first-order valence-corrected chi connectivity index (χ1v) is 5.76. The van der Waals surface area contributed by atoms with Gasteiger partial charge in [-0.3, -0.25) is 0 Å². The van der Waals surface area contributed by atoms with Crippen LogP contribution < -0.4 is 10.1 Å². The third kappa shape index (κ3) is 2.01. The van der Waals surface area contributed by atoms with Crippen LogP contribution in [0.4, 0.5) is 0 Å². The molecule has 0 bridgehead atoms. The molecule has 0 unspecified atom stereocenters. The fraction of sp³-hybridized carbons (Fsp3) is 0.385. The van der Waals surface area contributed by atoms with Gasteiger partial charge in [0.1, 0.15) is 5.75 Å². The molecule has 2 heterocycles. The molecule has 0 saturated heterocycles. The van der Waals surface area contributed by atoms with Gasteiger partial charge in [0.2, 0.25) is 0 Å². The summed E-state index contributed by atoms with van der Waals surface area (Å²) >= 11 is 0. The highest BCUT2D eigenvalue weighted by molar-refractivity contribution is 5.87. The minimum atomic E-state index is 0. The Kier molecular flexibility index (Phi) is 3.60. The average molecular weight is 253 g/mol. The van der Waals surface area contributed by atoms with Crippen LogP contribution in [0.25, 0.3) is 10.9 Å². The molecule has 1 aliphatic heterocycles. The number of fused-ring (bicyclic) bond motifs is 3. The van der Waals surface area contributed by atoms with Crippen LogP contribution in [0.2, 0.25) is 0 Å². The lowest BCUT2D eigenvalue weighted by Gasteiger charge is -2.06. The van der Waals surface area contributed by atoms with Crippen molar-refractivity contribution in [3.63, 3.8) is 0 Å². The second-order valence-corrected chi connectivity index (χ2v) is 4.18. The number of hydrogen-bond donors (Lipinski definition) is 1. The Balaban J connectivity index is 0.00000108. The van der Waals surface area contributed by atoms with Crippen LogP contribution in [0, 0.1) is 0 Å². The summed E-state index contributed by atoms with van der Waals surface area (Å²) in [5.41, 5.74) is 2.70. The first-order chi connectivity index (χ1) is 7.90. The molecule has 0 saturated carbocycles. The summed E-state index contributed by atoms with van der Waals surface area (Å²) in [6.45, 7) is 3.17. The predicted octanol–water partition coefficient (Wildman–Crippen LogP) is 2.22. The Hall–Kier alpha value is -1.19. The standard InChI is InChI=1S/C13H16N2O.ClH/c1-16-13-4-2-3-12-11(13)9-10-5-6-14-7-8-15(10)12;/h2-4,9,14H,5-8H2,1H3;1H. The number of methoxy groups -OCH3 is 1. The Labute approximate surface area is 107 Å². The minimum Gasteiger partial charge on any atom is -0.496 e. The molecule has 2 aromatic rings. The molecule has 1 aromatic carbocycles. The smallest absolute Gasteiger partial charge is 0.128 e. The van der Waals surface area contributed by atoms with Crippen molar-refractivity contribution >= 4 is 23.3 Å². The number of halogens is 1. The van der Waals surface area contributed by atoms with Crippen molar-refractivity contribution in [3.8, 4) is 5.75 Å². The van der Waals surface area contributed by atoms with E-state index in [-0.39, 0.29) is 12.4 Å². The zero-order chi connectivity index (χ0) is 11.0. The van der Waals surface area contributed by atoms with E-state index in [9.17, 15) is 0 Å². The summed E-state index contributed by atoms with van der Waals surface area (Å²) in [6, 6.07) is 8.53. The van der Waals surface area contributed by atoms with Crippen LogP contribution in [0.5, 0.6) is 5.75 Å². The maximum Gasteiger partial charge on any atom is 0.128 e. The summed E-state index contributed by atoms with van der Waals surface area (Å²) in [5, 5.41) is 4.66. The van der Waals surface area contributed by atoms with Crippen molar-refractivity contribution < 1.29 is 4.74 Å². The maximum atomic E-state index is 5.41. The van der Waals surface area contributed by atoms with Gasteiger partial charge in [-0.15, -0.1) is 12.4 Å². The van der Waals surface area contributed by atoms with Crippen molar-refractivity contribution in [1.29, 1.82) is 0 Å². The van der Waals surface area contributed by atoms with Crippen LogP contribution in [0.15, 0.2) is 24.3 Å². The Morgan fingerprint density at radius 3 is 3.00 bits per heavy atom. The van der Waals surface area contributed by atoms with E-state index in [1.54, 1.807) is 7.11 Å². The molecular weight excluding hydrogens is 236 g/mol. The number of rotatable bonds is 1. The molecule has 1 aliphatic rings. The second-order valence-electron chi connectivity index (χ2n) is 4.18. The fourth-order valence-electron chi connectivity index (χ4n) is 2.49. The van der Waals surface area contributed by atoms with Gasteiger partial charge in [0.05, 0.1) is 12.6 Å². The number of aromatic nitrogens is 1. The molecule has 3 rings (SSSR count). The van der Waals surface area contributed by atoms with Crippen molar-refractivity contribution in [3.05, 3.63) is 30.0 Å². The highest BCUT2D eigenvalue weighted by atomic mass is 35.5. The molecule has 0 aliphatic carbocycles. The van der Waals surface area contributed by atoms with E-state index >= 15 is 0 Å². The number of ether oxygens (including phenoxy) is 1. The van der Waals surface area contributed by atoms with Crippen molar-refractivity contribution in [2.45, 2.75) is 13.0 Å². The van der Waals surface area contributed by atoms with Gasteiger partial charge in [-0.2, -0.15) is 0 Å². The third-order valence-electron chi connectivity index (χ3n) is 3.28. The highest BCUT2D eigenvalue weighted by Gasteiger charge is 2.13. The Bertz CT molecular complexity index is 521. The molecule has 0 radical (unpaired) electrons. The molecular formula is C13H17ClN2O. The van der Waals surface area contributed by atoms with E-state index in [2.05, 4.69) is 28.1 Å². The van der Waals surface area contributed by atoms with Gasteiger partial charge in [0.25, 0.3) is 0 Å². The lowest BCUT2D eigenvalue weighted by atomic mass is 10.2. The minimum absolute atomic E-state index is 0. The summed E-state index contributed by atoms with van der Waals surface area (Å²) in [7, 11) is 1.74. The van der Waals surface area contributed by atoms with E-state index in [0.717, 1.165) is 31.8 Å². The molecule has 0 fully saturated rings. The molecule has 17 heavy (non-hydrogen) atoms. The molecule has 0 atom stereocenters. The van der Waals surface area contributed by atoms with Crippen LogP contribution in [-0.2, 0) is 13.0 Å². The summed E-state index contributed by atoms with van der Waals surface area (Å²) in [6.07, 6.45) is 1.10. The van der Waals surface area contributed by atoms with Gasteiger partial charge < -0.3 is 14.6 Å². The molecule has 0 amide bonds. The average Bonchev–Trinajstić information content (AvgIpc) is 2.52. The van der Waals surface area contributed by atoms with Crippen LogP contribution in [0.3, 0.4) is 0 Å². The van der Waals surface area contributed by atoms with E-state index in [4.69, 9.17) is 4.74 Å². The van der Waals surface area contributed by atoms with Gasteiger partial charge in [0.15, 0.2) is 0 Å². The zero-order valence-corrected chi connectivity index (χ0v) is 10.7. The van der Waals surface area contributed by atoms with E-state index in [0.29, 0.717) is 0 Å². The summed E-state index contributed by atoms with van der Waals surface area (Å²) in [4.78, 5) is 0. The monoisotopic (exact) mass is 252 g/mol. The molecule has 92 valence electrons. The van der Waals surface area contributed by atoms with E-state index in [1.807, 2.05) is 6.07 Å². The van der Waals surface area contributed by atoms with Gasteiger partial charge in [-0.1, -0.05) is 6.07 Å². The number of nitrogens with zero attached hydrogens (tertiary/aromatic N) is 1. The first kappa shape index (κ1) is 12.3. The lowest BCUT2D eigenvalue weighted by Crippen LogP contribution is -2.17. The van der Waals surface area contributed by atoms with E-state index in [1.165, 1.54) is 16.6 Å². The Morgan fingerprint density at radius 1 is 1.29 bits per heavy atom. The fourth-order valence-corrected chi connectivity index (χ4v) is 2.49.